The van der Waals surface area contributed by atoms with Gasteiger partial charge in [-0.1, -0.05) is 55.5 Å². The first-order valence-electron chi connectivity index (χ1n) is 13.6. The Hall–Kier alpha value is -4.58. The molecule has 192 valence electrons. The van der Waals surface area contributed by atoms with Gasteiger partial charge in [-0.3, -0.25) is 14.5 Å². The number of benzene rings is 4. The van der Waals surface area contributed by atoms with Crippen LogP contribution in [-0.4, -0.2) is 33.0 Å². The van der Waals surface area contributed by atoms with Crippen LogP contribution >= 0.6 is 0 Å². The minimum atomic E-state index is -0.219. The van der Waals surface area contributed by atoms with Crippen LogP contribution in [0.2, 0.25) is 0 Å². The average molecular weight is 514 g/mol. The van der Waals surface area contributed by atoms with Gasteiger partial charge in [0.05, 0.1) is 35.8 Å². The third-order valence-corrected chi connectivity index (χ3v) is 8.80. The molecule has 8 rings (SSSR count). The van der Waals surface area contributed by atoms with Crippen molar-refractivity contribution in [1.29, 1.82) is 0 Å². The van der Waals surface area contributed by atoms with Crippen LogP contribution in [0, 0.1) is 0 Å². The molecule has 2 amide bonds. The smallest absolute Gasteiger partial charge is 0.262 e. The second kappa shape index (κ2) is 7.96. The van der Waals surface area contributed by atoms with Crippen molar-refractivity contribution in [2.45, 2.75) is 38.9 Å². The summed E-state index contributed by atoms with van der Waals surface area (Å²) in [6.07, 6.45) is 1.98. The number of rotatable bonds is 4. The molecule has 2 aromatic heterocycles. The Morgan fingerprint density at radius 3 is 2.08 bits per heavy atom. The SMILES string of the molecule is CCC1CCn2c3ccccc3c3c4c(c5c6ccccc6n1c5c32)C(=O)N(Cc1ccc(OC)cc1)C4=O. The maximum atomic E-state index is 14.3. The molecular formula is C33H27N3O3. The van der Waals surface area contributed by atoms with Crippen LogP contribution in [0.3, 0.4) is 0 Å². The van der Waals surface area contributed by atoms with Gasteiger partial charge in [0.25, 0.3) is 11.8 Å². The van der Waals surface area contributed by atoms with Crippen molar-refractivity contribution in [3.8, 4) is 5.75 Å². The van der Waals surface area contributed by atoms with E-state index in [1.165, 1.54) is 4.90 Å². The summed E-state index contributed by atoms with van der Waals surface area (Å²) in [6, 6.07) is 24.5. The summed E-state index contributed by atoms with van der Waals surface area (Å²) in [5.74, 6) is 0.304. The first kappa shape index (κ1) is 22.4. The number of carbonyl (C=O) groups excluding carboxylic acids is 2. The van der Waals surface area contributed by atoms with E-state index >= 15 is 0 Å². The normalized spacial score (nSPS) is 16.8. The van der Waals surface area contributed by atoms with Crippen molar-refractivity contribution >= 4 is 55.4 Å². The fraction of sp³-hybridized carbons (Fsp3) is 0.212. The van der Waals surface area contributed by atoms with E-state index in [0.29, 0.717) is 17.2 Å². The Kier molecular flexibility index (Phi) is 4.57. The number of methoxy groups -OCH3 is 1. The number of fused-ring (bicyclic) bond motifs is 9. The van der Waals surface area contributed by atoms with Crippen LogP contribution in [-0.2, 0) is 13.1 Å². The zero-order valence-corrected chi connectivity index (χ0v) is 21.9. The molecule has 2 aliphatic heterocycles. The Bertz CT molecular complexity index is 2010. The van der Waals surface area contributed by atoms with Crippen LogP contribution in [0.1, 0.15) is 52.1 Å². The third-order valence-electron chi connectivity index (χ3n) is 8.80. The molecule has 0 fully saturated rings. The number of aromatic nitrogens is 2. The zero-order valence-electron chi connectivity index (χ0n) is 21.9. The molecule has 39 heavy (non-hydrogen) atoms. The molecule has 4 heterocycles. The van der Waals surface area contributed by atoms with Gasteiger partial charge in [-0.15, -0.1) is 0 Å². The van der Waals surface area contributed by atoms with Crippen LogP contribution in [0.15, 0.2) is 72.8 Å². The van der Waals surface area contributed by atoms with Gasteiger partial charge in [0, 0.05) is 45.2 Å². The predicted octanol–water partition coefficient (Wildman–Crippen LogP) is 7.06. The van der Waals surface area contributed by atoms with Gasteiger partial charge in [0.1, 0.15) is 5.75 Å². The molecule has 6 nitrogen and oxygen atoms in total. The third kappa shape index (κ3) is 2.81. The van der Waals surface area contributed by atoms with Crippen LogP contribution in [0.4, 0.5) is 0 Å². The zero-order chi connectivity index (χ0) is 26.4. The fourth-order valence-electron chi connectivity index (χ4n) is 7.05. The number of hydrogen-bond donors (Lipinski definition) is 0. The minimum Gasteiger partial charge on any atom is -0.497 e. The number of ether oxygens (including phenoxy) is 1. The second-order valence-corrected chi connectivity index (χ2v) is 10.6. The summed E-state index contributed by atoms with van der Waals surface area (Å²) in [6.45, 7) is 3.32. The van der Waals surface area contributed by atoms with Crippen molar-refractivity contribution in [1.82, 2.24) is 14.0 Å². The number of imide groups is 1. The standard InChI is InChI=1S/C33H27N3O3/c1-3-20-16-17-34-24-10-6-4-8-22(24)26-28-29(27-23-9-5-7-11-25(23)36(20)31(27)30(26)34)33(38)35(32(28)37)18-19-12-14-21(39-2)15-13-19/h4-15,20H,3,16-18H2,1-2H3. The Morgan fingerprint density at radius 2 is 1.41 bits per heavy atom. The van der Waals surface area contributed by atoms with E-state index in [1.54, 1.807) is 7.11 Å². The van der Waals surface area contributed by atoms with Crippen LogP contribution in [0.5, 0.6) is 5.75 Å². The Balaban J connectivity index is 1.51. The van der Waals surface area contributed by atoms with Gasteiger partial charge >= 0.3 is 0 Å². The molecule has 0 saturated heterocycles. The molecule has 0 bridgehead atoms. The van der Waals surface area contributed by atoms with Crippen LogP contribution in [0.25, 0.3) is 43.6 Å². The van der Waals surface area contributed by atoms with E-state index in [9.17, 15) is 9.59 Å². The molecule has 6 heteroatoms. The van der Waals surface area contributed by atoms with Crippen molar-refractivity contribution in [2.24, 2.45) is 0 Å². The molecule has 0 aliphatic carbocycles. The number of hydrogen-bond acceptors (Lipinski definition) is 3. The Labute approximate surface area is 225 Å². The molecular weight excluding hydrogens is 486 g/mol. The summed E-state index contributed by atoms with van der Waals surface area (Å²) >= 11 is 0. The molecule has 0 radical (unpaired) electrons. The van der Waals surface area contributed by atoms with Crippen LogP contribution < -0.4 is 4.74 Å². The lowest BCUT2D eigenvalue weighted by molar-refractivity contribution is 0.0643. The maximum Gasteiger partial charge on any atom is 0.262 e. The number of nitrogens with zero attached hydrogens (tertiary/aromatic N) is 3. The molecule has 0 spiro atoms. The number of para-hydroxylation sites is 2. The van der Waals surface area contributed by atoms with Gasteiger partial charge in [0.2, 0.25) is 0 Å². The minimum absolute atomic E-state index is 0.216. The summed E-state index contributed by atoms with van der Waals surface area (Å²) < 4.78 is 10.1. The molecule has 6 aromatic rings. The topological polar surface area (TPSA) is 56.5 Å². The number of aryl methyl sites for hydroxylation is 1. The van der Waals surface area contributed by atoms with Gasteiger partial charge in [-0.05, 0) is 42.7 Å². The molecule has 4 aromatic carbocycles. The average Bonchev–Trinajstić information content (AvgIpc) is 3.51. The number of amides is 2. The Morgan fingerprint density at radius 1 is 0.795 bits per heavy atom. The van der Waals surface area contributed by atoms with Gasteiger partial charge in [-0.2, -0.15) is 0 Å². The first-order valence-corrected chi connectivity index (χ1v) is 13.6. The summed E-state index contributed by atoms with van der Waals surface area (Å²) in [7, 11) is 1.63. The molecule has 2 aliphatic rings. The van der Waals surface area contributed by atoms with E-state index in [0.717, 1.165) is 74.3 Å². The molecule has 0 N–H and O–H groups in total. The first-order chi connectivity index (χ1) is 19.1. The largest absolute Gasteiger partial charge is 0.497 e. The highest BCUT2D eigenvalue weighted by Gasteiger charge is 2.42. The fourth-order valence-corrected chi connectivity index (χ4v) is 7.05. The second-order valence-electron chi connectivity index (χ2n) is 10.6. The van der Waals surface area contributed by atoms with Crippen molar-refractivity contribution in [3.63, 3.8) is 0 Å². The quantitative estimate of drug-likeness (QED) is 0.237. The lowest BCUT2D eigenvalue weighted by Crippen LogP contribution is -2.29. The lowest BCUT2D eigenvalue weighted by Gasteiger charge is -2.18. The highest BCUT2D eigenvalue weighted by atomic mass is 16.5. The summed E-state index contributed by atoms with van der Waals surface area (Å²) in [5, 5.41) is 3.89. The molecule has 0 saturated carbocycles. The molecule has 1 atom stereocenters. The highest BCUT2D eigenvalue weighted by Crippen LogP contribution is 2.49. The lowest BCUT2D eigenvalue weighted by atomic mass is 9.96. The van der Waals surface area contributed by atoms with Gasteiger partial charge in [-0.25, -0.2) is 0 Å². The summed E-state index contributed by atoms with van der Waals surface area (Å²) in [4.78, 5) is 30.0. The van der Waals surface area contributed by atoms with E-state index in [2.05, 4.69) is 52.5 Å². The van der Waals surface area contributed by atoms with E-state index in [-0.39, 0.29) is 18.4 Å². The summed E-state index contributed by atoms with van der Waals surface area (Å²) in [5.41, 5.74) is 6.37. The predicted molar refractivity (Wildman–Crippen MR) is 154 cm³/mol. The maximum absolute atomic E-state index is 14.3. The van der Waals surface area contributed by atoms with E-state index < -0.39 is 0 Å². The van der Waals surface area contributed by atoms with Gasteiger partial charge < -0.3 is 13.9 Å². The highest BCUT2D eigenvalue weighted by molar-refractivity contribution is 6.39. The number of carbonyl (C=O) groups is 2. The van der Waals surface area contributed by atoms with Crippen molar-refractivity contribution in [3.05, 3.63) is 89.5 Å². The van der Waals surface area contributed by atoms with Gasteiger partial charge in [0.15, 0.2) is 0 Å². The van der Waals surface area contributed by atoms with Crippen molar-refractivity contribution < 1.29 is 14.3 Å². The van der Waals surface area contributed by atoms with Crippen molar-refractivity contribution in [2.75, 3.05) is 7.11 Å². The molecule has 1 unspecified atom stereocenters. The van der Waals surface area contributed by atoms with E-state index in [1.807, 2.05) is 36.4 Å². The monoisotopic (exact) mass is 513 g/mol. The van der Waals surface area contributed by atoms with E-state index in [4.69, 9.17) is 4.74 Å².